The van der Waals surface area contributed by atoms with Gasteiger partial charge in [-0.2, -0.15) is 0 Å². The molecule has 19 heavy (non-hydrogen) atoms. The third-order valence-electron chi connectivity index (χ3n) is 2.19. The van der Waals surface area contributed by atoms with Crippen molar-refractivity contribution in [3.8, 4) is 0 Å². The number of para-hydroxylation sites is 2. The SMILES string of the molecule is Nc1ccccc1NS(=O)(=O)c1scnc1C(=O)O. The predicted molar refractivity (Wildman–Crippen MR) is 70.7 cm³/mol. The van der Waals surface area contributed by atoms with Crippen molar-refractivity contribution in [3.63, 3.8) is 0 Å². The van der Waals surface area contributed by atoms with Gasteiger partial charge < -0.3 is 10.8 Å². The molecule has 0 fully saturated rings. The molecule has 1 aromatic carbocycles. The average Bonchev–Trinajstić information content (AvgIpc) is 2.82. The number of anilines is 2. The molecule has 0 aliphatic rings. The van der Waals surface area contributed by atoms with E-state index in [0.717, 1.165) is 16.8 Å². The van der Waals surface area contributed by atoms with Crippen LogP contribution < -0.4 is 10.5 Å². The Labute approximate surface area is 112 Å². The van der Waals surface area contributed by atoms with Crippen LogP contribution in [0.4, 0.5) is 11.4 Å². The zero-order valence-electron chi connectivity index (χ0n) is 9.40. The van der Waals surface area contributed by atoms with Crippen LogP contribution in [-0.4, -0.2) is 24.5 Å². The minimum Gasteiger partial charge on any atom is -0.476 e. The minimum atomic E-state index is -4.02. The van der Waals surface area contributed by atoms with E-state index in [1.807, 2.05) is 0 Å². The molecule has 0 spiro atoms. The number of aromatic carboxylic acids is 1. The molecule has 4 N–H and O–H groups in total. The minimum absolute atomic E-state index is 0.187. The maximum absolute atomic E-state index is 12.1. The molecule has 7 nitrogen and oxygen atoms in total. The number of carboxylic acid groups (broad SMARTS) is 1. The van der Waals surface area contributed by atoms with E-state index < -0.39 is 21.7 Å². The number of benzene rings is 1. The molecule has 1 heterocycles. The first-order valence-corrected chi connectivity index (χ1v) is 7.32. The van der Waals surface area contributed by atoms with Crippen molar-refractivity contribution in [2.75, 3.05) is 10.5 Å². The standard InChI is InChI=1S/C10H9N3O4S2/c11-6-3-1-2-4-7(6)13-19(16,17)10-8(9(14)15)12-5-18-10/h1-5,13H,11H2,(H,14,15). The number of rotatable bonds is 4. The number of nitrogens with one attached hydrogen (secondary N) is 1. The summed E-state index contributed by atoms with van der Waals surface area (Å²) in [5, 5.41) is 8.87. The smallest absolute Gasteiger partial charge is 0.356 e. The third-order valence-corrected chi connectivity index (χ3v) is 4.92. The maximum Gasteiger partial charge on any atom is 0.356 e. The quantitative estimate of drug-likeness (QED) is 0.730. The molecule has 1 aromatic heterocycles. The largest absolute Gasteiger partial charge is 0.476 e. The van der Waals surface area contributed by atoms with Gasteiger partial charge in [0, 0.05) is 0 Å². The predicted octanol–water partition coefficient (Wildman–Crippen LogP) is 1.22. The monoisotopic (exact) mass is 299 g/mol. The van der Waals surface area contributed by atoms with Gasteiger partial charge in [-0.25, -0.2) is 18.2 Å². The second kappa shape index (κ2) is 4.86. The molecule has 0 aliphatic heterocycles. The van der Waals surface area contributed by atoms with Gasteiger partial charge in [-0.3, -0.25) is 4.72 Å². The van der Waals surface area contributed by atoms with Gasteiger partial charge in [0.15, 0.2) is 9.90 Å². The van der Waals surface area contributed by atoms with Gasteiger partial charge in [0.05, 0.1) is 16.9 Å². The number of nitrogen functional groups attached to an aromatic ring is 1. The molecule has 0 aliphatic carbocycles. The van der Waals surface area contributed by atoms with Crippen LogP contribution in [0.25, 0.3) is 0 Å². The second-order valence-electron chi connectivity index (χ2n) is 3.49. The number of nitrogens with two attached hydrogens (primary N) is 1. The fourth-order valence-corrected chi connectivity index (χ4v) is 3.58. The van der Waals surface area contributed by atoms with E-state index in [-0.39, 0.29) is 15.6 Å². The molecular formula is C10H9N3O4S2. The van der Waals surface area contributed by atoms with Crippen molar-refractivity contribution in [3.05, 3.63) is 35.5 Å². The van der Waals surface area contributed by atoms with Crippen molar-refractivity contribution >= 4 is 38.7 Å². The number of carboxylic acids is 1. The Morgan fingerprint density at radius 2 is 2.05 bits per heavy atom. The van der Waals surface area contributed by atoms with E-state index >= 15 is 0 Å². The van der Waals surface area contributed by atoms with Gasteiger partial charge >= 0.3 is 5.97 Å². The van der Waals surface area contributed by atoms with Crippen molar-refractivity contribution < 1.29 is 18.3 Å². The summed E-state index contributed by atoms with van der Waals surface area (Å²) in [6, 6.07) is 6.28. The highest BCUT2D eigenvalue weighted by molar-refractivity contribution is 7.94. The van der Waals surface area contributed by atoms with Crippen LogP contribution in [0.5, 0.6) is 0 Å². The fraction of sp³-hybridized carbons (Fsp3) is 0. The lowest BCUT2D eigenvalue weighted by Gasteiger charge is -2.08. The number of thiazole rings is 1. The number of aromatic nitrogens is 1. The summed E-state index contributed by atoms with van der Waals surface area (Å²) in [6.45, 7) is 0. The average molecular weight is 299 g/mol. The first-order valence-electron chi connectivity index (χ1n) is 4.96. The normalized spacial score (nSPS) is 11.2. The van der Waals surface area contributed by atoms with Gasteiger partial charge in [0.2, 0.25) is 0 Å². The van der Waals surface area contributed by atoms with E-state index in [9.17, 15) is 13.2 Å². The Balaban J connectivity index is 2.41. The lowest BCUT2D eigenvalue weighted by molar-refractivity contribution is 0.0687. The summed E-state index contributed by atoms with van der Waals surface area (Å²) in [5.74, 6) is -1.40. The van der Waals surface area contributed by atoms with E-state index in [1.54, 1.807) is 12.1 Å². The number of carbonyl (C=O) groups is 1. The molecule has 2 aromatic rings. The topological polar surface area (TPSA) is 122 Å². The number of hydrogen-bond donors (Lipinski definition) is 3. The Bertz CT molecular complexity index is 724. The summed E-state index contributed by atoms with van der Waals surface area (Å²) in [7, 11) is -4.02. The Kier molecular flexibility index (Phi) is 3.40. The van der Waals surface area contributed by atoms with Crippen molar-refractivity contribution in [2.24, 2.45) is 0 Å². The number of sulfonamides is 1. The van der Waals surface area contributed by atoms with E-state index in [1.165, 1.54) is 12.1 Å². The summed E-state index contributed by atoms with van der Waals surface area (Å²) < 4.78 is 26.0. The summed E-state index contributed by atoms with van der Waals surface area (Å²) in [6.07, 6.45) is 0. The van der Waals surface area contributed by atoms with Crippen molar-refractivity contribution in [2.45, 2.75) is 4.21 Å². The van der Waals surface area contributed by atoms with Crippen LogP contribution in [0.3, 0.4) is 0 Å². The highest BCUT2D eigenvalue weighted by Crippen LogP contribution is 2.25. The van der Waals surface area contributed by atoms with E-state index in [2.05, 4.69) is 9.71 Å². The van der Waals surface area contributed by atoms with Crippen LogP contribution in [-0.2, 0) is 10.0 Å². The first kappa shape index (κ1) is 13.3. The highest BCUT2D eigenvalue weighted by atomic mass is 32.2. The molecule has 0 amide bonds. The van der Waals surface area contributed by atoms with Gasteiger partial charge in [-0.1, -0.05) is 12.1 Å². The van der Waals surface area contributed by atoms with Crippen LogP contribution in [0, 0.1) is 0 Å². The zero-order chi connectivity index (χ0) is 14.0. The van der Waals surface area contributed by atoms with Crippen molar-refractivity contribution in [1.82, 2.24) is 4.98 Å². The first-order chi connectivity index (χ1) is 8.92. The lowest BCUT2D eigenvalue weighted by Crippen LogP contribution is -2.16. The second-order valence-corrected chi connectivity index (χ2v) is 6.22. The Hall–Kier alpha value is -2.13. The van der Waals surface area contributed by atoms with Crippen molar-refractivity contribution in [1.29, 1.82) is 0 Å². The molecule has 100 valence electrons. The molecule has 0 radical (unpaired) electrons. The summed E-state index contributed by atoms with van der Waals surface area (Å²) in [5.41, 5.74) is 6.71. The molecule has 0 unspecified atom stereocenters. The zero-order valence-corrected chi connectivity index (χ0v) is 11.0. The molecule has 0 bridgehead atoms. The Morgan fingerprint density at radius 3 is 2.68 bits per heavy atom. The van der Waals surface area contributed by atoms with Gasteiger partial charge in [0.1, 0.15) is 0 Å². The maximum atomic E-state index is 12.1. The van der Waals surface area contributed by atoms with E-state index in [0.29, 0.717) is 0 Å². The van der Waals surface area contributed by atoms with Gasteiger partial charge in [-0.05, 0) is 12.1 Å². The third kappa shape index (κ3) is 2.66. The van der Waals surface area contributed by atoms with Crippen LogP contribution >= 0.6 is 11.3 Å². The summed E-state index contributed by atoms with van der Waals surface area (Å²) in [4.78, 5) is 14.4. The van der Waals surface area contributed by atoms with Gasteiger partial charge in [-0.15, -0.1) is 11.3 Å². The van der Waals surface area contributed by atoms with Crippen LogP contribution in [0.15, 0.2) is 34.0 Å². The molecule has 0 saturated carbocycles. The molecule has 2 rings (SSSR count). The van der Waals surface area contributed by atoms with E-state index in [4.69, 9.17) is 10.8 Å². The van der Waals surface area contributed by atoms with Crippen LogP contribution in [0.1, 0.15) is 10.5 Å². The van der Waals surface area contributed by atoms with Gasteiger partial charge in [0.25, 0.3) is 10.0 Å². The molecule has 9 heteroatoms. The number of hydrogen-bond acceptors (Lipinski definition) is 6. The highest BCUT2D eigenvalue weighted by Gasteiger charge is 2.26. The molecule has 0 atom stereocenters. The number of nitrogens with zero attached hydrogens (tertiary/aromatic N) is 1. The van der Waals surface area contributed by atoms with Crippen LogP contribution in [0.2, 0.25) is 0 Å². The lowest BCUT2D eigenvalue weighted by atomic mass is 10.3. The molecule has 0 saturated heterocycles. The fourth-order valence-electron chi connectivity index (χ4n) is 1.35. The molecular weight excluding hydrogens is 290 g/mol. The Morgan fingerprint density at radius 1 is 1.37 bits per heavy atom. The summed E-state index contributed by atoms with van der Waals surface area (Å²) >= 11 is 0.727.